The van der Waals surface area contributed by atoms with Crippen LogP contribution in [0.5, 0.6) is 0 Å². The molecule has 0 saturated heterocycles. The van der Waals surface area contributed by atoms with E-state index in [1.54, 1.807) is 40.6 Å². The van der Waals surface area contributed by atoms with Gasteiger partial charge in [-0.25, -0.2) is 14.6 Å². The van der Waals surface area contributed by atoms with Crippen LogP contribution < -0.4 is 5.56 Å². The van der Waals surface area contributed by atoms with Gasteiger partial charge in [0.2, 0.25) is 0 Å². The molecule has 0 radical (unpaired) electrons. The number of fused-ring (bicyclic) bond motifs is 4. The second-order valence-corrected chi connectivity index (χ2v) is 9.55. The zero-order valence-corrected chi connectivity index (χ0v) is 17.3. The molecule has 4 heterocycles. The first-order valence-corrected chi connectivity index (χ1v) is 11.2. The third-order valence-corrected chi connectivity index (χ3v) is 7.61. The molecule has 0 atom stereocenters. The summed E-state index contributed by atoms with van der Waals surface area (Å²) in [5.41, 5.74) is 3.34. The predicted octanol–water partition coefficient (Wildman–Crippen LogP) is 4.03. The number of nitrogens with zero attached hydrogens (tertiary/aromatic N) is 5. The molecule has 4 aromatic heterocycles. The van der Waals surface area contributed by atoms with Gasteiger partial charge >= 0.3 is 0 Å². The van der Waals surface area contributed by atoms with Crippen LogP contribution in [0.2, 0.25) is 0 Å². The molecule has 0 saturated carbocycles. The molecule has 5 aromatic rings. The average molecular weight is 414 g/mol. The molecule has 0 amide bonds. The van der Waals surface area contributed by atoms with Crippen LogP contribution in [-0.4, -0.2) is 30.6 Å². The van der Waals surface area contributed by atoms with Crippen LogP contribution in [0.1, 0.15) is 10.6 Å². The molecule has 0 bridgehead atoms. The Morgan fingerprint density at radius 1 is 1.22 bits per heavy atom. The van der Waals surface area contributed by atoms with Crippen molar-refractivity contribution in [1.29, 1.82) is 0 Å². The lowest BCUT2D eigenvalue weighted by molar-refractivity contribution is 0.646. The van der Waals surface area contributed by atoms with Crippen molar-refractivity contribution in [2.45, 2.75) is 17.8 Å². The van der Waals surface area contributed by atoms with Crippen molar-refractivity contribution in [3.8, 4) is 0 Å². The van der Waals surface area contributed by atoms with Gasteiger partial charge in [0.15, 0.2) is 9.99 Å². The van der Waals surface area contributed by atoms with Gasteiger partial charge in [0, 0.05) is 18.0 Å². The fraction of sp³-hybridized carbons (Fsp3) is 0.222. The summed E-state index contributed by atoms with van der Waals surface area (Å²) in [6.45, 7) is 2.40. The zero-order chi connectivity index (χ0) is 18.7. The van der Waals surface area contributed by atoms with Crippen molar-refractivity contribution in [3.63, 3.8) is 0 Å². The number of thioether (sulfide) groups is 1. The fourth-order valence-electron chi connectivity index (χ4n) is 3.38. The molecule has 0 aliphatic rings. The Balaban J connectivity index is 1.69. The van der Waals surface area contributed by atoms with E-state index < -0.39 is 0 Å². The number of benzene rings is 1. The topological polar surface area (TPSA) is 65.6 Å². The Morgan fingerprint density at radius 2 is 2.07 bits per heavy atom. The molecule has 136 valence electrons. The van der Waals surface area contributed by atoms with Gasteiger partial charge in [0.25, 0.3) is 5.56 Å². The number of thiazole rings is 2. The normalized spacial score (nSPS) is 12.0. The van der Waals surface area contributed by atoms with Gasteiger partial charge in [0.05, 0.1) is 32.7 Å². The molecule has 27 heavy (non-hydrogen) atoms. The highest BCUT2D eigenvalue weighted by Crippen LogP contribution is 2.34. The molecule has 5 rings (SSSR count). The van der Waals surface area contributed by atoms with E-state index in [-0.39, 0.29) is 5.56 Å². The molecule has 6 nitrogen and oxygen atoms in total. The largest absolute Gasteiger partial charge is 0.323 e. The Bertz CT molecular complexity index is 1390. The van der Waals surface area contributed by atoms with Gasteiger partial charge in [-0.1, -0.05) is 23.9 Å². The minimum Gasteiger partial charge on any atom is -0.323 e. The number of hydrogen-bond donors (Lipinski definition) is 0. The first kappa shape index (κ1) is 16.9. The van der Waals surface area contributed by atoms with E-state index in [1.807, 2.05) is 36.9 Å². The van der Waals surface area contributed by atoms with Gasteiger partial charge in [-0.15, -0.1) is 22.7 Å². The molecular weight excluding hydrogens is 398 g/mol. The third-order valence-electron chi connectivity index (χ3n) is 4.61. The van der Waals surface area contributed by atoms with Crippen molar-refractivity contribution >= 4 is 65.9 Å². The molecule has 0 fully saturated rings. The quantitative estimate of drug-likeness (QED) is 0.418. The molecule has 1 aromatic carbocycles. The summed E-state index contributed by atoms with van der Waals surface area (Å²) in [7, 11) is 1.89. The molecule has 9 heteroatoms. The molecule has 0 aliphatic heterocycles. The summed E-state index contributed by atoms with van der Waals surface area (Å²) >= 11 is 4.88. The van der Waals surface area contributed by atoms with Crippen LogP contribution in [-0.2, 0) is 13.6 Å². The number of para-hydroxylation sites is 1. The number of rotatable bonds is 3. The molecule has 0 N–H and O–H groups in total. The van der Waals surface area contributed by atoms with Crippen LogP contribution in [0.4, 0.5) is 0 Å². The van der Waals surface area contributed by atoms with E-state index in [0.717, 1.165) is 40.9 Å². The second kappa shape index (κ2) is 6.15. The summed E-state index contributed by atoms with van der Waals surface area (Å²) in [5, 5.41) is 6.34. The molecule has 0 spiro atoms. The highest BCUT2D eigenvalue weighted by Gasteiger charge is 2.18. The van der Waals surface area contributed by atoms with Crippen LogP contribution in [0.3, 0.4) is 0 Å². The van der Waals surface area contributed by atoms with Gasteiger partial charge < -0.3 is 4.57 Å². The first-order chi connectivity index (χ1) is 13.1. The predicted molar refractivity (Wildman–Crippen MR) is 113 cm³/mol. The average Bonchev–Trinajstić information content (AvgIpc) is 3.31. The zero-order valence-electron chi connectivity index (χ0n) is 14.9. The lowest BCUT2D eigenvalue weighted by atomic mass is 10.2. The molecule has 0 unspecified atom stereocenters. The summed E-state index contributed by atoms with van der Waals surface area (Å²) in [5.74, 6) is 0. The highest BCUT2D eigenvalue weighted by molar-refractivity contribution is 8.00. The van der Waals surface area contributed by atoms with Crippen LogP contribution in [0.15, 0.2) is 33.5 Å². The summed E-state index contributed by atoms with van der Waals surface area (Å²) in [6, 6.07) is 6.07. The number of aromatic nitrogens is 5. The maximum atomic E-state index is 13.2. The molecule has 0 aliphatic carbocycles. The minimum atomic E-state index is -0.102. The highest BCUT2D eigenvalue weighted by atomic mass is 32.2. The van der Waals surface area contributed by atoms with Gasteiger partial charge in [-0.05, 0) is 19.2 Å². The lowest BCUT2D eigenvalue weighted by Crippen LogP contribution is -2.24. The Morgan fingerprint density at radius 3 is 2.89 bits per heavy atom. The van der Waals surface area contributed by atoms with Gasteiger partial charge in [-0.2, -0.15) is 5.10 Å². The maximum absolute atomic E-state index is 13.2. The Kier molecular flexibility index (Phi) is 3.85. The summed E-state index contributed by atoms with van der Waals surface area (Å²) < 4.78 is 6.55. The number of aryl methyl sites for hydroxylation is 2. The van der Waals surface area contributed by atoms with Crippen LogP contribution in [0, 0.1) is 6.92 Å². The van der Waals surface area contributed by atoms with Gasteiger partial charge in [0.1, 0.15) is 5.52 Å². The van der Waals surface area contributed by atoms with Crippen LogP contribution >= 0.6 is 34.4 Å². The van der Waals surface area contributed by atoms with E-state index in [4.69, 9.17) is 0 Å². The standard InChI is InChI=1S/C18H15N5OS3/c1-9-20-13-10(5-4-6-12(13)26-9)8-23-17(24)14-11(7-19-23)15-16(22(14)2)21-18(25-3)27-15/h4-7H,8H2,1-3H3. The lowest BCUT2D eigenvalue weighted by Gasteiger charge is -2.06. The van der Waals surface area contributed by atoms with Crippen molar-refractivity contribution in [2.24, 2.45) is 7.05 Å². The van der Waals surface area contributed by atoms with E-state index in [2.05, 4.69) is 21.1 Å². The van der Waals surface area contributed by atoms with Crippen molar-refractivity contribution < 1.29 is 0 Å². The first-order valence-electron chi connectivity index (χ1n) is 8.31. The van der Waals surface area contributed by atoms with E-state index in [1.165, 1.54) is 4.68 Å². The summed E-state index contributed by atoms with van der Waals surface area (Å²) in [4.78, 5) is 22.4. The monoisotopic (exact) mass is 413 g/mol. The maximum Gasteiger partial charge on any atom is 0.291 e. The van der Waals surface area contributed by atoms with Crippen molar-refractivity contribution in [2.75, 3.05) is 6.26 Å². The fourth-order valence-corrected chi connectivity index (χ4v) is 5.85. The Labute approximate surface area is 166 Å². The SMILES string of the molecule is CSc1nc2c(s1)c1cnn(Cc3cccc4sc(C)nc34)c(=O)c1n2C. The van der Waals surface area contributed by atoms with Crippen LogP contribution in [0.25, 0.3) is 31.5 Å². The van der Waals surface area contributed by atoms with E-state index in [9.17, 15) is 4.79 Å². The second-order valence-electron chi connectivity index (χ2n) is 6.26. The molecular formula is C18H15N5OS3. The van der Waals surface area contributed by atoms with E-state index >= 15 is 0 Å². The minimum absolute atomic E-state index is 0.102. The van der Waals surface area contributed by atoms with Gasteiger partial charge in [-0.3, -0.25) is 4.79 Å². The smallest absolute Gasteiger partial charge is 0.291 e. The van der Waals surface area contributed by atoms with Crippen molar-refractivity contribution in [3.05, 3.63) is 45.3 Å². The third kappa shape index (κ3) is 2.53. The van der Waals surface area contributed by atoms with E-state index in [0.29, 0.717) is 12.1 Å². The Hall–Kier alpha value is -2.23. The van der Waals surface area contributed by atoms with Crippen molar-refractivity contribution in [1.82, 2.24) is 24.3 Å². The summed E-state index contributed by atoms with van der Waals surface area (Å²) in [6.07, 6.45) is 3.79. The number of hydrogen-bond acceptors (Lipinski definition) is 7.